The molecular weight excluding hydrogens is 314 g/mol. The molecular formula is C17H33NO6. The van der Waals surface area contributed by atoms with E-state index in [0.29, 0.717) is 6.61 Å². The SMILES string of the molecule is CCON1C(C)(C)CC(O)CC1(C)C.COC(=O)CCC(=O)OC. The second-order valence-corrected chi connectivity index (χ2v) is 7.05. The van der Waals surface area contributed by atoms with E-state index < -0.39 is 11.9 Å². The second kappa shape index (κ2) is 9.96. The summed E-state index contributed by atoms with van der Waals surface area (Å²) in [7, 11) is 2.55. The summed E-state index contributed by atoms with van der Waals surface area (Å²) in [6.45, 7) is 11.2. The third kappa shape index (κ3) is 7.59. The Morgan fingerprint density at radius 3 is 1.67 bits per heavy atom. The Bertz CT molecular complexity index is 374. The van der Waals surface area contributed by atoms with Crippen molar-refractivity contribution in [3.8, 4) is 0 Å². The number of nitrogens with zero attached hydrogens (tertiary/aromatic N) is 1. The molecule has 1 aliphatic heterocycles. The van der Waals surface area contributed by atoms with Gasteiger partial charge < -0.3 is 14.6 Å². The largest absolute Gasteiger partial charge is 0.469 e. The van der Waals surface area contributed by atoms with Crippen LogP contribution in [0, 0.1) is 0 Å². The molecule has 0 bridgehead atoms. The maximum atomic E-state index is 10.4. The van der Waals surface area contributed by atoms with Crippen LogP contribution in [0.25, 0.3) is 0 Å². The molecule has 0 aromatic rings. The lowest BCUT2D eigenvalue weighted by Crippen LogP contribution is -2.61. The van der Waals surface area contributed by atoms with Crippen LogP contribution in [0.15, 0.2) is 0 Å². The zero-order valence-electron chi connectivity index (χ0n) is 16.0. The maximum Gasteiger partial charge on any atom is 0.306 e. The first-order chi connectivity index (χ1) is 11.0. The summed E-state index contributed by atoms with van der Waals surface area (Å²) in [6.07, 6.45) is 1.51. The number of aliphatic hydroxyl groups is 1. The minimum atomic E-state index is -0.398. The van der Waals surface area contributed by atoms with Crippen LogP contribution in [-0.4, -0.2) is 60.1 Å². The first-order valence-electron chi connectivity index (χ1n) is 8.25. The summed E-state index contributed by atoms with van der Waals surface area (Å²) < 4.78 is 8.60. The van der Waals surface area contributed by atoms with Crippen molar-refractivity contribution < 1.29 is 29.0 Å². The molecule has 0 atom stereocenters. The van der Waals surface area contributed by atoms with E-state index in [1.54, 1.807) is 0 Å². The van der Waals surface area contributed by atoms with Gasteiger partial charge in [-0.15, -0.1) is 0 Å². The van der Waals surface area contributed by atoms with Crippen LogP contribution < -0.4 is 0 Å². The number of hydrogen-bond acceptors (Lipinski definition) is 7. The molecule has 1 rings (SSSR count). The minimum Gasteiger partial charge on any atom is -0.469 e. The standard InChI is InChI=1S/C11H23NO2.C6H10O4/c1-6-14-12-10(2,3)7-9(13)8-11(12,4)5;1-9-5(7)3-4-6(8)10-2/h9,13H,6-8H2,1-5H3;3-4H2,1-2H3. The van der Waals surface area contributed by atoms with E-state index in [4.69, 9.17) is 4.84 Å². The van der Waals surface area contributed by atoms with Crippen LogP contribution >= 0.6 is 0 Å². The highest BCUT2D eigenvalue weighted by Gasteiger charge is 2.45. The van der Waals surface area contributed by atoms with Gasteiger partial charge in [0.1, 0.15) is 0 Å². The quantitative estimate of drug-likeness (QED) is 0.762. The Morgan fingerprint density at radius 2 is 1.38 bits per heavy atom. The van der Waals surface area contributed by atoms with Crippen molar-refractivity contribution in [3.05, 3.63) is 0 Å². The van der Waals surface area contributed by atoms with Crippen molar-refractivity contribution in [1.82, 2.24) is 5.06 Å². The normalized spacial score (nSPS) is 19.8. The number of piperidine rings is 1. The molecule has 0 aliphatic carbocycles. The van der Waals surface area contributed by atoms with Gasteiger partial charge in [0, 0.05) is 11.1 Å². The van der Waals surface area contributed by atoms with E-state index in [1.165, 1.54) is 14.2 Å². The summed E-state index contributed by atoms with van der Waals surface area (Å²) in [5.41, 5.74) is -0.172. The summed E-state index contributed by atoms with van der Waals surface area (Å²) in [4.78, 5) is 26.5. The van der Waals surface area contributed by atoms with E-state index in [1.807, 2.05) is 12.0 Å². The lowest BCUT2D eigenvalue weighted by Gasteiger charge is -2.52. The fraction of sp³-hybridized carbons (Fsp3) is 0.882. The lowest BCUT2D eigenvalue weighted by atomic mass is 9.80. The van der Waals surface area contributed by atoms with Crippen molar-refractivity contribution in [2.75, 3.05) is 20.8 Å². The molecule has 142 valence electrons. The summed E-state index contributed by atoms with van der Waals surface area (Å²) >= 11 is 0. The summed E-state index contributed by atoms with van der Waals surface area (Å²) in [5.74, 6) is -0.796. The topological polar surface area (TPSA) is 85.3 Å². The van der Waals surface area contributed by atoms with E-state index in [9.17, 15) is 14.7 Å². The van der Waals surface area contributed by atoms with Crippen LogP contribution in [0.5, 0.6) is 0 Å². The predicted octanol–water partition coefficient (Wildman–Crippen LogP) is 2.06. The van der Waals surface area contributed by atoms with Gasteiger partial charge in [0.25, 0.3) is 0 Å². The molecule has 1 aliphatic rings. The van der Waals surface area contributed by atoms with E-state index in [-0.39, 0.29) is 30.0 Å². The highest BCUT2D eigenvalue weighted by atomic mass is 16.7. The van der Waals surface area contributed by atoms with Gasteiger partial charge in [0.05, 0.1) is 39.8 Å². The molecule has 0 spiro atoms. The Kier molecular flexibility index (Phi) is 9.47. The van der Waals surface area contributed by atoms with Gasteiger partial charge in [-0.05, 0) is 47.5 Å². The Balaban J connectivity index is 0.000000470. The zero-order valence-corrected chi connectivity index (χ0v) is 16.0. The smallest absolute Gasteiger partial charge is 0.306 e. The highest BCUT2D eigenvalue weighted by molar-refractivity contribution is 5.77. The number of ether oxygens (including phenoxy) is 2. The van der Waals surface area contributed by atoms with Crippen LogP contribution in [-0.2, 0) is 23.9 Å². The van der Waals surface area contributed by atoms with Gasteiger partial charge in [-0.1, -0.05) is 0 Å². The summed E-state index contributed by atoms with van der Waals surface area (Å²) in [6, 6.07) is 0. The first-order valence-corrected chi connectivity index (χ1v) is 8.25. The molecule has 0 unspecified atom stereocenters. The Labute approximate surface area is 145 Å². The maximum absolute atomic E-state index is 10.4. The fourth-order valence-electron chi connectivity index (χ4n) is 3.10. The molecule has 0 saturated carbocycles. The average Bonchev–Trinajstić information content (AvgIpc) is 2.47. The zero-order chi connectivity index (χ0) is 19.0. The number of methoxy groups -OCH3 is 2. The molecule has 7 nitrogen and oxygen atoms in total. The molecule has 1 heterocycles. The van der Waals surface area contributed by atoms with E-state index in [0.717, 1.165) is 12.8 Å². The monoisotopic (exact) mass is 347 g/mol. The van der Waals surface area contributed by atoms with Gasteiger partial charge in [-0.25, -0.2) is 0 Å². The number of carbonyl (C=O) groups is 2. The molecule has 1 fully saturated rings. The molecule has 0 amide bonds. The van der Waals surface area contributed by atoms with Crippen molar-refractivity contribution >= 4 is 11.9 Å². The van der Waals surface area contributed by atoms with Crippen molar-refractivity contribution in [2.45, 2.75) is 77.5 Å². The Morgan fingerprint density at radius 1 is 1.00 bits per heavy atom. The van der Waals surface area contributed by atoms with Crippen LogP contribution in [0.2, 0.25) is 0 Å². The number of esters is 2. The lowest BCUT2D eigenvalue weighted by molar-refractivity contribution is -0.289. The molecule has 24 heavy (non-hydrogen) atoms. The number of hydroxylamine groups is 2. The number of aliphatic hydroxyl groups excluding tert-OH is 1. The van der Waals surface area contributed by atoms with Crippen molar-refractivity contribution in [2.24, 2.45) is 0 Å². The number of carbonyl (C=O) groups excluding carboxylic acids is 2. The first kappa shape index (κ1) is 22.8. The van der Waals surface area contributed by atoms with Gasteiger partial charge in [0.2, 0.25) is 0 Å². The highest BCUT2D eigenvalue weighted by Crippen LogP contribution is 2.38. The second-order valence-electron chi connectivity index (χ2n) is 7.05. The third-order valence-electron chi connectivity index (χ3n) is 3.82. The van der Waals surface area contributed by atoms with E-state index in [2.05, 4.69) is 37.2 Å². The van der Waals surface area contributed by atoms with Crippen molar-refractivity contribution in [1.29, 1.82) is 0 Å². The summed E-state index contributed by atoms with van der Waals surface area (Å²) in [5, 5.41) is 11.8. The van der Waals surface area contributed by atoms with Crippen molar-refractivity contribution in [3.63, 3.8) is 0 Å². The third-order valence-corrected chi connectivity index (χ3v) is 3.82. The predicted molar refractivity (Wildman–Crippen MR) is 90.1 cm³/mol. The van der Waals surface area contributed by atoms with Crippen LogP contribution in [0.3, 0.4) is 0 Å². The van der Waals surface area contributed by atoms with Gasteiger partial charge in [-0.2, -0.15) is 5.06 Å². The fourth-order valence-corrected chi connectivity index (χ4v) is 3.10. The molecule has 0 aromatic heterocycles. The van der Waals surface area contributed by atoms with E-state index >= 15 is 0 Å². The van der Waals surface area contributed by atoms with Gasteiger partial charge >= 0.3 is 11.9 Å². The molecule has 1 N–H and O–H groups in total. The van der Waals surface area contributed by atoms with Gasteiger partial charge in [0.15, 0.2) is 0 Å². The molecule has 7 heteroatoms. The molecule has 0 radical (unpaired) electrons. The van der Waals surface area contributed by atoms with Crippen LogP contribution in [0.1, 0.15) is 60.3 Å². The number of hydrogen-bond donors (Lipinski definition) is 1. The Hall–Kier alpha value is -1.18. The number of rotatable bonds is 5. The van der Waals surface area contributed by atoms with Crippen LogP contribution in [0.4, 0.5) is 0 Å². The molecule has 0 aromatic carbocycles. The van der Waals surface area contributed by atoms with Gasteiger partial charge in [-0.3, -0.25) is 14.4 Å². The minimum absolute atomic E-state index is 0.0861. The molecule has 1 saturated heterocycles. The average molecular weight is 347 g/mol.